The molecule has 0 unspecified atom stereocenters. The molecule has 0 radical (unpaired) electrons. The van der Waals surface area contributed by atoms with Crippen LogP contribution in [-0.2, 0) is 11.2 Å². The average Bonchev–Trinajstić information content (AvgIpc) is 3.22. The number of carbonyl (C=O) groups is 1. The normalized spacial score (nSPS) is 10.5. The lowest BCUT2D eigenvalue weighted by molar-refractivity contribution is -0.113. The first-order valence-electron chi connectivity index (χ1n) is 9.88. The van der Waals surface area contributed by atoms with Gasteiger partial charge in [-0.15, -0.1) is 10.2 Å². The van der Waals surface area contributed by atoms with Gasteiger partial charge < -0.3 is 23.9 Å². The number of benzene rings is 2. The van der Waals surface area contributed by atoms with Crippen molar-refractivity contribution in [3.8, 4) is 17.2 Å². The zero-order chi connectivity index (χ0) is 22.1. The van der Waals surface area contributed by atoms with E-state index >= 15 is 0 Å². The summed E-state index contributed by atoms with van der Waals surface area (Å²) >= 11 is 1.17. The average molecular weight is 444 g/mol. The van der Waals surface area contributed by atoms with Crippen molar-refractivity contribution < 1.29 is 23.4 Å². The Kier molecular flexibility index (Phi) is 8.17. The van der Waals surface area contributed by atoms with Gasteiger partial charge in [-0.1, -0.05) is 23.9 Å². The topological polar surface area (TPSA) is 95.7 Å². The summed E-state index contributed by atoms with van der Waals surface area (Å²) in [5.41, 5.74) is 1.58. The molecule has 1 heterocycles. The van der Waals surface area contributed by atoms with Gasteiger partial charge in [0.1, 0.15) is 17.2 Å². The number of rotatable bonds is 11. The third-order valence-corrected chi connectivity index (χ3v) is 4.94. The number of nitrogens with zero attached hydrogens (tertiary/aromatic N) is 2. The van der Waals surface area contributed by atoms with E-state index in [4.69, 9.17) is 18.6 Å². The Balaban J connectivity index is 1.55. The van der Waals surface area contributed by atoms with Crippen molar-refractivity contribution in [1.82, 2.24) is 10.2 Å². The van der Waals surface area contributed by atoms with Crippen LogP contribution >= 0.6 is 11.8 Å². The molecule has 0 aliphatic carbocycles. The van der Waals surface area contributed by atoms with Gasteiger partial charge in [-0.05, 0) is 43.7 Å². The van der Waals surface area contributed by atoms with Gasteiger partial charge in [-0.2, -0.15) is 0 Å². The minimum atomic E-state index is -0.213. The first kappa shape index (κ1) is 22.5. The van der Waals surface area contributed by atoms with Crippen molar-refractivity contribution in [3.63, 3.8) is 0 Å². The molecule has 0 bridgehead atoms. The highest BCUT2D eigenvalue weighted by molar-refractivity contribution is 7.99. The van der Waals surface area contributed by atoms with Crippen LogP contribution in [0.1, 0.15) is 25.3 Å². The molecule has 0 aliphatic rings. The summed E-state index contributed by atoms with van der Waals surface area (Å²) in [7, 11) is 1.62. The lowest BCUT2D eigenvalue weighted by atomic mass is 10.1. The number of carbonyl (C=O) groups excluding carboxylic acids is 1. The lowest BCUT2D eigenvalue weighted by Gasteiger charge is -2.13. The molecule has 0 aliphatic heterocycles. The molecule has 8 nitrogen and oxygen atoms in total. The van der Waals surface area contributed by atoms with Crippen molar-refractivity contribution in [2.24, 2.45) is 0 Å². The van der Waals surface area contributed by atoms with Crippen LogP contribution in [-0.4, -0.2) is 42.2 Å². The van der Waals surface area contributed by atoms with Crippen LogP contribution in [0.15, 0.2) is 52.1 Å². The second-order valence-corrected chi connectivity index (χ2v) is 7.27. The minimum Gasteiger partial charge on any atom is -0.497 e. The van der Waals surface area contributed by atoms with E-state index in [-0.39, 0.29) is 11.7 Å². The first-order valence-corrected chi connectivity index (χ1v) is 10.9. The molecule has 1 aromatic heterocycles. The number of aromatic nitrogens is 2. The van der Waals surface area contributed by atoms with Gasteiger partial charge >= 0.3 is 0 Å². The fraction of sp³-hybridized carbons (Fsp3) is 0.318. The lowest BCUT2D eigenvalue weighted by Crippen LogP contribution is -2.15. The van der Waals surface area contributed by atoms with Crippen molar-refractivity contribution in [1.29, 1.82) is 0 Å². The van der Waals surface area contributed by atoms with E-state index in [2.05, 4.69) is 15.5 Å². The largest absolute Gasteiger partial charge is 0.497 e. The molecular formula is C22H25N3O5S. The summed E-state index contributed by atoms with van der Waals surface area (Å²) in [6.07, 6.45) is 0.506. The second-order valence-electron chi connectivity index (χ2n) is 6.35. The molecule has 3 rings (SSSR count). The van der Waals surface area contributed by atoms with Crippen LogP contribution in [0, 0.1) is 0 Å². The van der Waals surface area contributed by atoms with Crippen molar-refractivity contribution in [3.05, 3.63) is 53.9 Å². The SMILES string of the molecule is CCOc1ccc(OCC)c(NC(=O)CSc2nnc(Cc3ccc(OC)cc3)o2)c1. The van der Waals surface area contributed by atoms with Crippen molar-refractivity contribution in [2.45, 2.75) is 25.5 Å². The Morgan fingerprint density at radius 1 is 1.03 bits per heavy atom. The third kappa shape index (κ3) is 6.65. The van der Waals surface area contributed by atoms with E-state index in [1.54, 1.807) is 19.2 Å². The fourth-order valence-electron chi connectivity index (χ4n) is 2.74. The molecule has 0 fully saturated rings. The molecule has 0 saturated heterocycles. The third-order valence-electron chi connectivity index (χ3n) is 4.13. The van der Waals surface area contributed by atoms with Crippen molar-refractivity contribution in [2.75, 3.05) is 31.4 Å². The van der Waals surface area contributed by atoms with Crippen LogP contribution < -0.4 is 19.5 Å². The van der Waals surface area contributed by atoms with E-state index in [9.17, 15) is 4.79 Å². The monoisotopic (exact) mass is 443 g/mol. The van der Waals surface area contributed by atoms with Gasteiger partial charge in [0, 0.05) is 6.07 Å². The van der Waals surface area contributed by atoms with E-state index in [0.717, 1.165) is 11.3 Å². The highest BCUT2D eigenvalue weighted by Gasteiger charge is 2.13. The molecule has 2 aromatic carbocycles. The molecule has 0 atom stereocenters. The first-order chi connectivity index (χ1) is 15.1. The molecular weight excluding hydrogens is 418 g/mol. The number of hydrogen-bond acceptors (Lipinski definition) is 8. The Hall–Kier alpha value is -3.20. The maximum Gasteiger partial charge on any atom is 0.277 e. The molecule has 31 heavy (non-hydrogen) atoms. The minimum absolute atomic E-state index is 0.120. The van der Waals surface area contributed by atoms with Gasteiger partial charge in [0.05, 0.1) is 38.2 Å². The molecule has 3 aromatic rings. The maximum absolute atomic E-state index is 12.4. The van der Waals surface area contributed by atoms with E-state index < -0.39 is 0 Å². The van der Waals surface area contributed by atoms with Crippen LogP contribution in [0.2, 0.25) is 0 Å². The quantitative estimate of drug-likeness (QED) is 0.441. The Labute approximate surface area is 185 Å². The number of methoxy groups -OCH3 is 1. The van der Waals surface area contributed by atoms with Crippen molar-refractivity contribution >= 4 is 23.4 Å². The van der Waals surface area contributed by atoms with E-state index in [1.807, 2.05) is 44.2 Å². The summed E-state index contributed by atoms with van der Waals surface area (Å²) in [6, 6.07) is 13.0. The standard InChI is InChI=1S/C22H25N3O5S/c1-4-28-17-10-11-19(29-5-2)18(13-17)23-20(26)14-31-22-25-24-21(30-22)12-15-6-8-16(27-3)9-7-15/h6-11,13H,4-5,12,14H2,1-3H3,(H,23,26). The molecule has 1 N–H and O–H groups in total. The molecule has 164 valence electrons. The molecule has 0 spiro atoms. The summed E-state index contributed by atoms with van der Waals surface area (Å²) in [6.45, 7) is 4.81. The van der Waals surface area contributed by atoms with Crippen LogP contribution in [0.3, 0.4) is 0 Å². The number of anilines is 1. The summed E-state index contributed by atoms with van der Waals surface area (Å²) in [5.74, 6) is 2.42. The van der Waals surface area contributed by atoms with E-state index in [0.29, 0.717) is 47.9 Å². The molecule has 0 saturated carbocycles. The number of thioether (sulfide) groups is 1. The predicted octanol–water partition coefficient (Wildman–Crippen LogP) is 4.20. The summed E-state index contributed by atoms with van der Waals surface area (Å²) < 4.78 is 21.9. The number of nitrogens with one attached hydrogen (secondary N) is 1. The highest BCUT2D eigenvalue weighted by atomic mass is 32.2. The second kappa shape index (κ2) is 11.3. The number of hydrogen-bond donors (Lipinski definition) is 1. The predicted molar refractivity (Wildman–Crippen MR) is 118 cm³/mol. The Bertz CT molecular complexity index is 991. The van der Waals surface area contributed by atoms with Gasteiger partial charge in [-0.3, -0.25) is 4.79 Å². The number of ether oxygens (including phenoxy) is 3. The van der Waals surface area contributed by atoms with Crippen LogP contribution in [0.25, 0.3) is 0 Å². The zero-order valence-electron chi connectivity index (χ0n) is 17.7. The maximum atomic E-state index is 12.4. The van der Waals surface area contributed by atoms with Gasteiger partial charge in [-0.25, -0.2) is 0 Å². The molecule has 1 amide bonds. The van der Waals surface area contributed by atoms with Gasteiger partial charge in [0.2, 0.25) is 11.8 Å². The number of amides is 1. The van der Waals surface area contributed by atoms with Crippen LogP contribution in [0.5, 0.6) is 17.2 Å². The highest BCUT2D eigenvalue weighted by Crippen LogP contribution is 2.30. The summed E-state index contributed by atoms with van der Waals surface area (Å²) in [4.78, 5) is 12.4. The Morgan fingerprint density at radius 2 is 1.77 bits per heavy atom. The van der Waals surface area contributed by atoms with E-state index in [1.165, 1.54) is 11.8 Å². The fourth-order valence-corrected chi connectivity index (χ4v) is 3.32. The summed E-state index contributed by atoms with van der Waals surface area (Å²) in [5, 5.41) is 11.3. The van der Waals surface area contributed by atoms with Gasteiger partial charge in [0.25, 0.3) is 5.22 Å². The zero-order valence-corrected chi connectivity index (χ0v) is 18.5. The van der Waals surface area contributed by atoms with Crippen LogP contribution in [0.4, 0.5) is 5.69 Å². The molecule has 9 heteroatoms. The smallest absolute Gasteiger partial charge is 0.277 e. The Morgan fingerprint density at radius 3 is 2.48 bits per heavy atom. The van der Waals surface area contributed by atoms with Gasteiger partial charge in [0.15, 0.2) is 0 Å².